The first-order valence-corrected chi connectivity index (χ1v) is 9.99. The van der Waals surface area contributed by atoms with Crippen molar-refractivity contribution in [1.29, 1.82) is 0 Å². The van der Waals surface area contributed by atoms with Gasteiger partial charge in [-0.25, -0.2) is 13.2 Å². The number of carbonyl (C=O) groups is 1. The Kier molecular flexibility index (Phi) is 4.61. The third-order valence-electron chi connectivity index (χ3n) is 4.55. The molecule has 2 amide bonds. The molecule has 1 aliphatic heterocycles. The number of nitrogens with zero attached hydrogens (tertiary/aromatic N) is 3. The number of nitrogens with one attached hydrogen (secondary N) is 1. The average Bonchev–Trinajstić information content (AvgIpc) is 3.25. The predicted molar refractivity (Wildman–Crippen MR) is 86.8 cm³/mol. The quantitative estimate of drug-likeness (QED) is 0.868. The van der Waals surface area contributed by atoms with Crippen LogP contribution in [0.1, 0.15) is 24.8 Å². The third kappa shape index (κ3) is 4.25. The van der Waals surface area contributed by atoms with Gasteiger partial charge in [0, 0.05) is 26.3 Å². The van der Waals surface area contributed by atoms with Crippen molar-refractivity contribution in [3.05, 3.63) is 18.0 Å². The molecule has 0 radical (unpaired) electrons. The smallest absolute Gasteiger partial charge is 0.317 e. The Balaban J connectivity index is 1.58. The number of carbonyl (C=O) groups excluding carboxylic acids is 1. The van der Waals surface area contributed by atoms with Crippen LogP contribution >= 0.6 is 0 Å². The molecule has 1 aliphatic carbocycles. The molecule has 1 unspecified atom stereocenters. The highest BCUT2D eigenvalue weighted by Crippen LogP contribution is 2.37. The standard InChI is InChI=1S/C15H24N4O3S/c1-18-10-12(9-17-18)5-6-16-15(20)19-7-2-8-23(21,22)11-14(19)13-3-4-13/h9-10,13-14H,2-8,11H2,1H3,(H,16,20). The van der Waals surface area contributed by atoms with E-state index in [1.807, 2.05) is 13.2 Å². The van der Waals surface area contributed by atoms with Crippen molar-refractivity contribution >= 4 is 15.9 Å². The molecular formula is C15H24N4O3S. The van der Waals surface area contributed by atoms with Gasteiger partial charge < -0.3 is 10.2 Å². The average molecular weight is 340 g/mol. The number of sulfone groups is 1. The highest BCUT2D eigenvalue weighted by molar-refractivity contribution is 7.91. The SMILES string of the molecule is Cn1cc(CCNC(=O)N2CCCS(=O)(=O)CC2C2CC2)cn1. The first-order chi connectivity index (χ1) is 10.9. The van der Waals surface area contributed by atoms with Crippen LogP contribution < -0.4 is 5.32 Å². The summed E-state index contributed by atoms with van der Waals surface area (Å²) in [6.45, 7) is 1.06. The van der Waals surface area contributed by atoms with Gasteiger partial charge in [0.25, 0.3) is 0 Å². The molecule has 2 heterocycles. The molecular weight excluding hydrogens is 316 g/mol. The summed E-state index contributed by atoms with van der Waals surface area (Å²) in [5, 5.41) is 7.04. The number of rotatable bonds is 4. The molecule has 1 aromatic rings. The van der Waals surface area contributed by atoms with Crippen LogP contribution in [-0.4, -0.2) is 59.8 Å². The summed E-state index contributed by atoms with van der Waals surface area (Å²) >= 11 is 0. The molecule has 1 N–H and O–H groups in total. The van der Waals surface area contributed by atoms with E-state index in [9.17, 15) is 13.2 Å². The molecule has 0 spiro atoms. The summed E-state index contributed by atoms with van der Waals surface area (Å²) in [5.74, 6) is 0.663. The zero-order chi connectivity index (χ0) is 16.4. The maximum atomic E-state index is 12.5. The highest BCUT2D eigenvalue weighted by Gasteiger charge is 2.41. The number of aryl methyl sites for hydroxylation is 1. The zero-order valence-electron chi connectivity index (χ0n) is 13.4. The first-order valence-electron chi connectivity index (χ1n) is 8.17. The number of hydrogen-bond donors (Lipinski definition) is 1. The molecule has 128 valence electrons. The van der Waals surface area contributed by atoms with Crippen molar-refractivity contribution in [1.82, 2.24) is 20.0 Å². The van der Waals surface area contributed by atoms with Crippen LogP contribution in [0.2, 0.25) is 0 Å². The van der Waals surface area contributed by atoms with Gasteiger partial charge in [-0.15, -0.1) is 0 Å². The van der Waals surface area contributed by atoms with Crippen LogP contribution in [0.15, 0.2) is 12.4 Å². The van der Waals surface area contributed by atoms with Crippen LogP contribution in [0, 0.1) is 5.92 Å². The lowest BCUT2D eigenvalue weighted by Gasteiger charge is -2.29. The molecule has 1 saturated heterocycles. The van der Waals surface area contributed by atoms with Crippen molar-refractivity contribution in [3.8, 4) is 0 Å². The Morgan fingerprint density at radius 2 is 2.22 bits per heavy atom. The second-order valence-corrected chi connectivity index (χ2v) is 8.80. The fraction of sp³-hybridized carbons (Fsp3) is 0.733. The van der Waals surface area contributed by atoms with Gasteiger partial charge in [-0.2, -0.15) is 5.10 Å². The normalized spacial score (nSPS) is 24.2. The maximum absolute atomic E-state index is 12.5. The van der Waals surface area contributed by atoms with E-state index in [0.717, 1.165) is 24.8 Å². The van der Waals surface area contributed by atoms with Crippen LogP contribution in [0.3, 0.4) is 0 Å². The topological polar surface area (TPSA) is 84.3 Å². The Morgan fingerprint density at radius 3 is 2.87 bits per heavy atom. The lowest BCUT2D eigenvalue weighted by atomic mass is 10.2. The number of urea groups is 1. The van der Waals surface area contributed by atoms with Crippen molar-refractivity contribution in [2.75, 3.05) is 24.6 Å². The molecule has 2 aliphatic rings. The minimum atomic E-state index is -3.03. The molecule has 1 atom stereocenters. The molecule has 8 heteroatoms. The van der Waals surface area contributed by atoms with Gasteiger partial charge in [0.1, 0.15) is 0 Å². The largest absolute Gasteiger partial charge is 0.338 e. The van der Waals surface area contributed by atoms with Crippen LogP contribution in [0.4, 0.5) is 4.79 Å². The Labute approximate surface area is 137 Å². The second kappa shape index (κ2) is 6.51. The van der Waals surface area contributed by atoms with E-state index in [1.165, 1.54) is 0 Å². The summed E-state index contributed by atoms with van der Waals surface area (Å²) in [6.07, 6.45) is 7.02. The van der Waals surface area contributed by atoms with E-state index in [1.54, 1.807) is 15.8 Å². The molecule has 3 rings (SSSR count). The highest BCUT2D eigenvalue weighted by atomic mass is 32.2. The molecule has 2 fully saturated rings. The molecule has 7 nitrogen and oxygen atoms in total. The van der Waals surface area contributed by atoms with E-state index in [2.05, 4.69) is 10.4 Å². The van der Waals surface area contributed by atoms with Crippen molar-refractivity contribution in [2.45, 2.75) is 31.7 Å². The molecule has 23 heavy (non-hydrogen) atoms. The van der Waals surface area contributed by atoms with Crippen LogP contribution in [0.5, 0.6) is 0 Å². The van der Waals surface area contributed by atoms with E-state index in [-0.39, 0.29) is 23.6 Å². The minimum absolute atomic E-state index is 0.119. The third-order valence-corrected chi connectivity index (χ3v) is 6.31. The molecule has 0 bridgehead atoms. The fourth-order valence-electron chi connectivity index (χ4n) is 3.19. The Hall–Kier alpha value is -1.57. The van der Waals surface area contributed by atoms with Crippen LogP contribution in [-0.2, 0) is 23.3 Å². The number of hydrogen-bond acceptors (Lipinski definition) is 4. The summed E-state index contributed by atoms with van der Waals surface area (Å²) < 4.78 is 25.8. The van der Waals surface area contributed by atoms with Gasteiger partial charge in [-0.1, -0.05) is 0 Å². The zero-order valence-corrected chi connectivity index (χ0v) is 14.3. The lowest BCUT2D eigenvalue weighted by Crippen LogP contribution is -2.49. The number of aromatic nitrogens is 2. The van der Waals surface area contributed by atoms with Gasteiger partial charge in [0.15, 0.2) is 9.84 Å². The first kappa shape index (κ1) is 16.3. The van der Waals surface area contributed by atoms with E-state index in [0.29, 0.717) is 25.4 Å². The fourth-order valence-corrected chi connectivity index (χ4v) is 4.90. The molecule has 0 aromatic carbocycles. The maximum Gasteiger partial charge on any atom is 0.317 e. The Bertz CT molecular complexity index is 666. The Morgan fingerprint density at radius 1 is 1.43 bits per heavy atom. The van der Waals surface area contributed by atoms with Gasteiger partial charge in [0.2, 0.25) is 0 Å². The number of amides is 2. The molecule has 1 saturated carbocycles. The van der Waals surface area contributed by atoms with Gasteiger partial charge in [-0.3, -0.25) is 4.68 Å². The predicted octanol–water partition coefficient (Wildman–Crippen LogP) is 0.571. The molecule has 1 aromatic heterocycles. The summed E-state index contributed by atoms with van der Waals surface area (Å²) in [6, 6.07) is -0.288. The van der Waals surface area contributed by atoms with Gasteiger partial charge in [0.05, 0.1) is 23.7 Å². The monoisotopic (exact) mass is 340 g/mol. The van der Waals surface area contributed by atoms with E-state index >= 15 is 0 Å². The van der Waals surface area contributed by atoms with Gasteiger partial charge >= 0.3 is 6.03 Å². The van der Waals surface area contributed by atoms with Gasteiger partial charge in [-0.05, 0) is 37.2 Å². The van der Waals surface area contributed by atoms with Crippen molar-refractivity contribution < 1.29 is 13.2 Å². The van der Waals surface area contributed by atoms with E-state index in [4.69, 9.17) is 0 Å². The summed E-state index contributed by atoms with van der Waals surface area (Å²) in [7, 11) is -1.17. The van der Waals surface area contributed by atoms with Crippen molar-refractivity contribution in [2.24, 2.45) is 13.0 Å². The van der Waals surface area contributed by atoms with Crippen molar-refractivity contribution in [3.63, 3.8) is 0 Å². The summed E-state index contributed by atoms with van der Waals surface area (Å²) in [4.78, 5) is 14.3. The minimum Gasteiger partial charge on any atom is -0.338 e. The summed E-state index contributed by atoms with van der Waals surface area (Å²) in [5.41, 5.74) is 1.07. The van der Waals surface area contributed by atoms with E-state index < -0.39 is 9.84 Å². The second-order valence-electron chi connectivity index (χ2n) is 6.57. The lowest BCUT2D eigenvalue weighted by molar-refractivity contribution is 0.174. The van der Waals surface area contributed by atoms with Crippen LogP contribution in [0.25, 0.3) is 0 Å².